The van der Waals surface area contributed by atoms with E-state index in [2.05, 4.69) is 4.98 Å². The van der Waals surface area contributed by atoms with Crippen LogP contribution in [0.3, 0.4) is 0 Å². The number of benzene rings is 1. The molecule has 6 heteroatoms. The fourth-order valence-electron chi connectivity index (χ4n) is 1.47. The zero-order valence-corrected chi connectivity index (χ0v) is 10.8. The highest BCUT2D eigenvalue weighted by atomic mass is 35.7. The van der Waals surface area contributed by atoms with Gasteiger partial charge in [0.2, 0.25) is 0 Å². The first-order valence-corrected chi connectivity index (χ1v) is 7.33. The number of hydrogen-bond donors (Lipinski definition) is 0. The molecule has 0 aliphatic heterocycles. The molecule has 2 aromatic rings. The van der Waals surface area contributed by atoms with Gasteiger partial charge in [-0.2, -0.15) is 0 Å². The van der Waals surface area contributed by atoms with Crippen molar-refractivity contribution in [1.82, 2.24) is 4.98 Å². The number of nitrogens with zero attached hydrogens (tertiary/aromatic N) is 1. The zero-order chi connectivity index (χ0) is 12.5. The molecule has 2 rings (SSSR count). The van der Waals surface area contributed by atoms with Crippen LogP contribution in [0.2, 0.25) is 5.02 Å². The van der Waals surface area contributed by atoms with Crippen LogP contribution in [0.1, 0.15) is 0 Å². The van der Waals surface area contributed by atoms with Crippen LogP contribution >= 0.6 is 22.3 Å². The van der Waals surface area contributed by atoms with E-state index in [-0.39, 0.29) is 5.03 Å². The molecule has 3 nitrogen and oxygen atoms in total. The molecule has 0 N–H and O–H groups in total. The third-order valence-corrected chi connectivity index (χ3v) is 3.68. The van der Waals surface area contributed by atoms with E-state index in [4.69, 9.17) is 22.3 Å². The number of rotatable bonds is 2. The third kappa shape index (κ3) is 2.60. The molecule has 1 aromatic heterocycles. The second kappa shape index (κ2) is 4.64. The Balaban J connectivity index is 2.78. The van der Waals surface area contributed by atoms with Crippen LogP contribution < -0.4 is 0 Å². The molecule has 0 unspecified atom stereocenters. The van der Waals surface area contributed by atoms with E-state index in [1.165, 1.54) is 12.3 Å². The summed E-state index contributed by atoms with van der Waals surface area (Å²) < 4.78 is 22.8. The van der Waals surface area contributed by atoms with Gasteiger partial charge in [-0.15, -0.1) is 0 Å². The van der Waals surface area contributed by atoms with Gasteiger partial charge >= 0.3 is 0 Å². The van der Waals surface area contributed by atoms with Crippen LogP contribution in [0.5, 0.6) is 0 Å². The molecule has 0 aliphatic carbocycles. The van der Waals surface area contributed by atoms with Gasteiger partial charge < -0.3 is 0 Å². The Morgan fingerprint density at radius 3 is 2.29 bits per heavy atom. The van der Waals surface area contributed by atoms with Gasteiger partial charge in [0, 0.05) is 22.4 Å². The molecule has 0 saturated carbocycles. The van der Waals surface area contributed by atoms with Crippen molar-refractivity contribution in [2.45, 2.75) is 5.03 Å². The first-order valence-electron chi connectivity index (χ1n) is 4.65. The summed E-state index contributed by atoms with van der Waals surface area (Å²) in [5.41, 5.74) is 0.981. The van der Waals surface area contributed by atoms with E-state index in [0.717, 1.165) is 0 Å². The minimum atomic E-state index is -3.93. The Morgan fingerprint density at radius 1 is 1.06 bits per heavy atom. The number of pyridine rings is 1. The van der Waals surface area contributed by atoms with E-state index in [0.29, 0.717) is 16.1 Å². The minimum Gasteiger partial charge on any atom is -0.243 e. The Bertz CT molecular complexity index is 642. The molecule has 0 amide bonds. The van der Waals surface area contributed by atoms with Crippen molar-refractivity contribution >= 4 is 31.3 Å². The van der Waals surface area contributed by atoms with Gasteiger partial charge in [-0.25, -0.2) is 13.4 Å². The molecule has 0 bridgehead atoms. The first kappa shape index (κ1) is 12.4. The summed E-state index contributed by atoms with van der Waals surface area (Å²) >= 11 is 6.01. The molecule has 88 valence electrons. The van der Waals surface area contributed by atoms with Gasteiger partial charge in [-0.05, 0) is 11.6 Å². The lowest BCUT2D eigenvalue weighted by Gasteiger charge is -2.07. The molecule has 1 heterocycles. The van der Waals surface area contributed by atoms with E-state index in [9.17, 15) is 8.42 Å². The lowest BCUT2D eigenvalue weighted by atomic mass is 10.1. The Morgan fingerprint density at radius 2 is 1.71 bits per heavy atom. The largest absolute Gasteiger partial charge is 0.279 e. The maximum Gasteiger partial charge on any atom is 0.279 e. The monoisotopic (exact) mass is 287 g/mol. The van der Waals surface area contributed by atoms with Crippen molar-refractivity contribution in [3.05, 3.63) is 47.6 Å². The molecule has 0 aliphatic rings. The summed E-state index contributed by atoms with van der Waals surface area (Å²) in [5, 5.41) is 0.0725. The molecule has 17 heavy (non-hydrogen) atoms. The first-order chi connectivity index (χ1) is 8.00. The van der Waals surface area contributed by atoms with Crippen molar-refractivity contribution < 1.29 is 8.42 Å². The van der Waals surface area contributed by atoms with Gasteiger partial charge in [0.1, 0.15) is 0 Å². The maximum atomic E-state index is 11.4. The zero-order valence-electron chi connectivity index (χ0n) is 8.47. The molecular weight excluding hydrogens is 281 g/mol. The maximum absolute atomic E-state index is 11.4. The fourth-order valence-corrected chi connectivity index (χ4v) is 2.79. The normalized spacial score (nSPS) is 11.4. The van der Waals surface area contributed by atoms with Crippen LogP contribution in [-0.4, -0.2) is 13.4 Å². The highest BCUT2D eigenvalue weighted by molar-refractivity contribution is 8.13. The standard InChI is InChI=1S/C11H7Cl2NO2S/c12-9-6-7-14-11(17(13,15)16)10(9)8-4-2-1-3-5-8/h1-7H. The Kier molecular flexibility index (Phi) is 3.38. The number of halogens is 2. The van der Waals surface area contributed by atoms with Gasteiger partial charge in [-0.3, -0.25) is 0 Å². The summed E-state index contributed by atoms with van der Waals surface area (Å²) in [4.78, 5) is 3.78. The smallest absolute Gasteiger partial charge is 0.243 e. The van der Waals surface area contributed by atoms with Gasteiger partial charge in [0.05, 0.1) is 5.02 Å². The summed E-state index contributed by atoms with van der Waals surface area (Å²) in [5.74, 6) is 0. The van der Waals surface area contributed by atoms with Crippen molar-refractivity contribution in [1.29, 1.82) is 0 Å². The third-order valence-electron chi connectivity index (χ3n) is 2.16. The van der Waals surface area contributed by atoms with Gasteiger partial charge in [-0.1, -0.05) is 41.9 Å². The van der Waals surface area contributed by atoms with Crippen molar-refractivity contribution in [2.75, 3.05) is 0 Å². The summed E-state index contributed by atoms with van der Waals surface area (Å²) in [7, 11) is 1.41. The molecule has 0 saturated heterocycles. The number of hydrogen-bond acceptors (Lipinski definition) is 3. The number of aromatic nitrogens is 1. The average Bonchev–Trinajstić information content (AvgIpc) is 2.28. The molecule has 0 fully saturated rings. The quantitative estimate of drug-likeness (QED) is 0.796. The summed E-state index contributed by atoms with van der Waals surface area (Å²) in [6.45, 7) is 0. The van der Waals surface area contributed by atoms with Crippen LogP contribution in [0.15, 0.2) is 47.6 Å². The van der Waals surface area contributed by atoms with Crippen LogP contribution in [0, 0.1) is 0 Å². The topological polar surface area (TPSA) is 47.0 Å². The average molecular weight is 288 g/mol. The lowest BCUT2D eigenvalue weighted by molar-refractivity contribution is 0.606. The molecule has 0 atom stereocenters. The predicted octanol–water partition coefficient (Wildman–Crippen LogP) is 3.33. The molecule has 1 aromatic carbocycles. The Labute approximate surface area is 108 Å². The van der Waals surface area contributed by atoms with Crippen LogP contribution in [0.25, 0.3) is 11.1 Å². The van der Waals surface area contributed by atoms with Gasteiger partial charge in [0.15, 0.2) is 5.03 Å². The van der Waals surface area contributed by atoms with Crippen molar-refractivity contribution in [3.63, 3.8) is 0 Å². The lowest BCUT2D eigenvalue weighted by Crippen LogP contribution is -1.98. The van der Waals surface area contributed by atoms with Crippen molar-refractivity contribution in [3.8, 4) is 11.1 Å². The Hall–Kier alpha value is -1.10. The highest BCUT2D eigenvalue weighted by Gasteiger charge is 2.20. The van der Waals surface area contributed by atoms with Crippen LogP contribution in [-0.2, 0) is 9.05 Å². The molecule has 0 spiro atoms. The summed E-state index contributed by atoms with van der Waals surface area (Å²) in [6.07, 6.45) is 1.31. The van der Waals surface area contributed by atoms with Gasteiger partial charge in [0.25, 0.3) is 9.05 Å². The van der Waals surface area contributed by atoms with Crippen LogP contribution in [0.4, 0.5) is 0 Å². The molecular formula is C11H7Cl2NO2S. The SMILES string of the molecule is O=S(=O)(Cl)c1nccc(Cl)c1-c1ccccc1. The van der Waals surface area contributed by atoms with E-state index < -0.39 is 9.05 Å². The minimum absolute atomic E-state index is 0.224. The van der Waals surface area contributed by atoms with E-state index >= 15 is 0 Å². The summed E-state index contributed by atoms with van der Waals surface area (Å²) in [6, 6.07) is 10.4. The predicted molar refractivity (Wildman–Crippen MR) is 67.7 cm³/mol. The molecule has 0 radical (unpaired) electrons. The second-order valence-electron chi connectivity index (χ2n) is 3.28. The second-order valence-corrected chi connectivity index (χ2v) is 6.17. The van der Waals surface area contributed by atoms with Crippen molar-refractivity contribution in [2.24, 2.45) is 0 Å². The fraction of sp³-hybridized carbons (Fsp3) is 0. The van der Waals surface area contributed by atoms with E-state index in [1.54, 1.807) is 24.3 Å². The van der Waals surface area contributed by atoms with E-state index in [1.807, 2.05) is 6.07 Å². The highest BCUT2D eigenvalue weighted by Crippen LogP contribution is 2.33.